The number of hydrogen-bond donors (Lipinski definition) is 0. The lowest BCUT2D eigenvalue weighted by Crippen LogP contribution is -2.08. The van der Waals surface area contributed by atoms with Crippen molar-refractivity contribution in [2.75, 3.05) is 0 Å². The molecular weight excluding hydrogens is 160 g/mol. The van der Waals surface area contributed by atoms with Gasteiger partial charge in [0.2, 0.25) is 0 Å². The van der Waals surface area contributed by atoms with E-state index >= 15 is 0 Å². The lowest BCUT2D eigenvalue weighted by molar-refractivity contribution is -0.0912. The van der Waals surface area contributed by atoms with Crippen LogP contribution in [0.5, 0.6) is 0 Å². The van der Waals surface area contributed by atoms with Gasteiger partial charge in [-0.05, 0) is 19.9 Å². The van der Waals surface area contributed by atoms with Crippen LogP contribution in [0.3, 0.4) is 0 Å². The first-order chi connectivity index (χ1) is 4.84. The quantitative estimate of drug-likeness (QED) is 0.416. The summed E-state index contributed by atoms with van der Waals surface area (Å²) >= 11 is 0. The number of hydrogen-bond acceptors (Lipinski definition) is 0. The van der Waals surface area contributed by atoms with Crippen molar-refractivity contribution in [2.45, 2.75) is 20.0 Å². The topological polar surface area (TPSA) is 0 Å². The Hall–Kier alpha value is -0.800. The van der Waals surface area contributed by atoms with Crippen LogP contribution < -0.4 is 0 Å². The van der Waals surface area contributed by atoms with E-state index in [0.717, 1.165) is 19.9 Å². The van der Waals surface area contributed by atoms with Crippen molar-refractivity contribution in [1.29, 1.82) is 0 Å². The van der Waals surface area contributed by atoms with Gasteiger partial charge in [-0.25, -0.2) is 4.39 Å². The molecule has 64 valence electrons. The maximum Gasteiger partial charge on any atom is 0.412 e. The van der Waals surface area contributed by atoms with Gasteiger partial charge in [0.25, 0.3) is 0 Å². The van der Waals surface area contributed by atoms with Gasteiger partial charge in [-0.1, -0.05) is 6.08 Å². The molecule has 0 aromatic carbocycles. The van der Waals surface area contributed by atoms with Crippen LogP contribution in [0.1, 0.15) is 13.8 Å². The van der Waals surface area contributed by atoms with Crippen molar-refractivity contribution >= 4 is 0 Å². The number of alkyl halides is 3. The smallest absolute Gasteiger partial charge is 0.212 e. The molecule has 0 saturated carbocycles. The average molecular weight is 168 g/mol. The van der Waals surface area contributed by atoms with Crippen LogP contribution in [0.25, 0.3) is 0 Å². The van der Waals surface area contributed by atoms with Gasteiger partial charge in [0, 0.05) is 5.57 Å². The molecule has 0 aliphatic heterocycles. The van der Waals surface area contributed by atoms with E-state index in [9.17, 15) is 17.6 Å². The predicted molar refractivity (Wildman–Crippen MR) is 34.7 cm³/mol. The van der Waals surface area contributed by atoms with Gasteiger partial charge in [-0.2, -0.15) is 13.2 Å². The highest BCUT2D eigenvalue weighted by Gasteiger charge is 2.29. The zero-order valence-corrected chi connectivity index (χ0v) is 6.17. The molecule has 0 rings (SSSR count). The van der Waals surface area contributed by atoms with Gasteiger partial charge in [0.15, 0.2) is 0 Å². The molecule has 0 spiro atoms. The first-order valence-corrected chi connectivity index (χ1v) is 2.92. The maximum atomic E-state index is 11.9. The summed E-state index contributed by atoms with van der Waals surface area (Å²) in [6.07, 6.45) is -2.87. The van der Waals surface area contributed by atoms with Gasteiger partial charge in [0.05, 0.1) is 5.83 Å². The molecule has 0 bridgehead atoms. The third kappa shape index (κ3) is 4.58. The highest BCUT2D eigenvalue weighted by molar-refractivity contribution is 5.15. The molecule has 0 saturated heterocycles. The second-order valence-electron chi connectivity index (χ2n) is 2.10. The molecule has 0 aromatic heterocycles. The molecule has 0 aliphatic carbocycles. The Balaban J connectivity index is 4.36. The Morgan fingerprint density at radius 2 is 1.55 bits per heavy atom. The van der Waals surface area contributed by atoms with Gasteiger partial charge in [-0.3, -0.25) is 0 Å². The fourth-order valence-corrected chi connectivity index (χ4v) is 0.334. The molecule has 4 heteroatoms. The molecular formula is C7H8F4. The average Bonchev–Trinajstić information content (AvgIpc) is 1.80. The summed E-state index contributed by atoms with van der Waals surface area (Å²) in [5.41, 5.74) is -0.811. The monoisotopic (exact) mass is 168 g/mol. The van der Waals surface area contributed by atoms with E-state index in [2.05, 4.69) is 0 Å². The number of rotatable bonds is 1. The van der Waals surface area contributed by atoms with Crippen LogP contribution >= 0.6 is 0 Å². The number of halogens is 4. The molecule has 0 aromatic rings. The Morgan fingerprint density at radius 3 is 1.82 bits per heavy atom. The third-order valence-electron chi connectivity index (χ3n) is 1.01. The Labute approximate surface area is 62.2 Å². The fourth-order valence-electron chi connectivity index (χ4n) is 0.334. The molecule has 0 atom stereocenters. The van der Waals surface area contributed by atoms with E-state index in [1.165, 1.54) is 0 Å². The van der Waals surface area contributed by atoms with Crippen molar-refractivity contribution < 1.29 is 17.6 Å². The molecule has 0 heterocycles. The summed E-state index contributed by atoms with van der Waals surface area (Å²) in [4.78, 5) is 0. The molecule has 0 unspecified atom stereocenters. The van der Waals surface area contributed by atoms with Crippen LogP contribution in [0.4, 0.5) is 17.6 Å². The first-order valence-electron chi connectivity index (χ1n) is 2.92. The molecule has 0 radical (unpaired) electrons. The van der Waals surface area contributed by atoms with E-state index in [-0.39, 0.29) is 0 Å². The van der Waals surface area contributed by atoms with Crippen molar-refractivity contribution in [1.82, 2.24) is 0 Å². The lowest BCUT2D eigenvalue weighted by Gasteiger charge is -2.03. The molecule has 11 heavy (non-hydrogen) atoms. The Kier molecular flexibility index (Phi) is 3.29. The van der Waals surface area contributed by atoms with E-state index < -0.39 is 17.6 Å². The van der Waals surface area contributed by atoms with Crippen LogP contribution in [-0.2, 0) is 0 Å². The van der Waals surface area contributed by atoms with Gasteiger partial charge in [-0.15, -0.1) is 0 Å². The van der Waals surface area contributed by atoms with Crippen molar-refractivity contribution in [3.8, 4) is 0 Å². The predicted octanol–water partition coefficient (Wildman–Crippen LogP) is 3.37. The molecule has 0 N–H and O–H groups in total. The zero-order valence-electron chi connectivity index (χ0n) is 6.17. The summed E-state index contributed by atoms with van der Waals surface area (Å²) in [7, 11) is 0. The van der Waals surface area contributed by atoms with Gasteiger partial charge >= 0.3 is 6.18 Å². The maximum absolute atomic E-state index is 11.9. The van der Waals surface area contributed by atoms with Crippen LogP contribution in [0, 0.1) is 0 Å². The van der Waals surface area contributed by atoms with E-state index in [0.29, 0.717) is 6.08 Å². The van der Waals surface area contributed by atoms with Crippen molar-refractivity contribution in [2.24, 2.45) is 0 Å². The minimum atomic E-state index is -4.36. The van der Waals surface area contributed by atoms with Gasteiger partial charge < -0.3 is 0 Å². The summed E-state index contributed by atoms with van der Waals surface area (Å²) in [5.74, 6) is -0.645. The largest absolute Gasteiger partial charge is 0.412 e. The van der Waals surface area contributed by atoms with Crippen molar-refractivity contribution in [3.63, 3.8) is 0 Å². The molecule has 0 amide bonds. The summed E-state index contributed by atoms with van der Waals surface area (Å²) in [6.45, 7) is 1.97. The van der Waals surface area contributed by atoms with Gasteiger partial charge in [0.1, 0.15) is 0 Å². The second-order valence-corrected chi connectivity index (χ2v) is 2.10. The first kappa shape index (κ1) is 10.2. The summed E-state index contributed by atoms with van der Waals surface area (Å²) in [5, 5.41) is 0. The van der Waals surface area contributed by atoms with Crippen LogP contribution in [0.2, 0.25) is 0 Å². The third-order valence-corrected chi connectivity index (χ3v) is 1.01. The second kappa shape index (κ2) is 3.55. The molecule has 0 aliphatic rings. The Bertz CT molecular complexity index is 181. The normalized spacial score (nSPS) is 15.5. The van der Waals surface area contributed by atoms with E-state index in [1.54, 1.807) is 0 Å². The highest BCUT2D eigenvalue weighted by Crippen LogP contribution is 2.24. The number of allylic oxidation sites excluding steroid dienone is 4. The standard InChI is InChI=1S/C7H8F4/c1-5(7(9,10)11)3-4-6(2)8/h3-4H,1-2H3/b5-3+,6-4+. The Morgan fingerprint density at radius 1 is 1.09 bits per heavy atom. The van der Waals surface area contributed by atoms with Crippen molar-refractivity contribution in [3.05, 3.63) is 23.6 Å². The van der Waals surface area contributed by atoms with Crippen LogP contribution in [0.15, 0.2) is 23.6 Å². The van der Waals surface area contributed by atoms with E-state index in [1.807, 2.05) is 0 Å². The fraction of sp³-hybridized carbons (Fsp3) is 0.429. The molecule has 0 nitrogen and oxygen atoms in total. The minimum absolute atomic E-state index is 0.645. The zero-order chi connectivity index (χ0) is 9.07. The summed E-state index contributed by atoms with van der Waals surface area (Å²) < 4.78 is 46.9. The lowest BCUT2D eigenvalue weighted by atomic mass is 10.2. The van der Waals surface area contributed by atoms with Crippen LogP contribution in [-0.4, -0.2) is 6.18 Å². The highest BCUT2D eigenvalue weighted by atomic mass is 19.4. The minimum Gasteiger partial charge on any atom is -0.212 e. The molecule has 0 fully saturated rings. The van der Waals surface area contributed by atoms with E-state index in [4.69, 9.17) is 0 Å². The SMILES string of the molecule is C/C(F)=C\C=C(/C)C(F)(F)F. The summed E-state index contributed by atoms with van der Waals surface area (Å²) in [6, 6.07) is 0.